The monoisotopic (exact) mass is 398 g/mol. The minimum absolute atomic E-state index is 0.222. The molecule has 1 atom stereocenters. The van der Waals surface area contributed by atoms with E-state index in [1.165, 1.54) is 23.3 Å². The van der Waals surface area contributed by atoms with Crippen molar-refractivity contribution in [2.45, 2.75) is 39.6 Å². The van der Waals surface area contributed by atoms with Gasteiger partial charge >= 0.3 is 0 Å². The molecule has 0 radical (unpaired) electrons. The molecule has 5 nitrogen and oxygen atoms in total. The molecule has 1 aliphatic rings. The molecule has 1 fully saturated rings. The van der Waals surface area contributed by atoms with Gasteiger partial charge in [0, 0.05) is 32.7 Å². The zero-order chi connectivity index (χ0) is 20.5. The summed E-state index contributed by atoms with van der Waals surface area (Å²) in [6.07, 6.45) is 0.298. The third-order valence-electron chi connectivity index (χ3n) is 4.86. The largest absolute Gasteiger partial charge is 0.376 e. The van der Waals surface area contributed by atoms with Gasteiger partial charge in [-0.3, -0.25) is 4.90 Å². The highest BCUT2D eigenvalue weighted by Gasteiger charge is 2.16. The van der Waals surface area contributed by atoms with Crippen LogP contribution in [0.4, 0.5) is 4.39 Å². The van der Waals surface area contributed by atoms with Gasteiger partial charge in [-0.25, -0.2) is 9.38 Å². The molecule has 1 saturated heterocycles. The van der Waals surface area contributed by atoms with Crippen LogP contribution in [0.5, 0.6) is 0 Å². The number of nitrogens with one attached hydrogen (secondary N) is 2. The van der Waals surface area contributed by atoms with Crippen LogP contribution in [-0.2, 0) is 24.4 Å². The Morgan fingerprint density at radius 2 is 1.93 bits per heavy atom. The third-order valence-corrected chi connectivity index (χ3v) is 4.86. The number of morpholine rings is 1. The molecule has 1 unspecified atom stereocenters. The van der Waals surface area contributed by atoms with E-state index in [9.17, 15) is 4.39 Å². The summed E-state index contributed by atoms with van der Waals surface area (Å²) in [5.74, 6) is 0.532. The Kier molecular flexibility index (Phi) is 8.02. The van der Waals surface area contributed by atoms with Gasteiger partial charge in [0.15, 0.2) is 5.96 Å². The summed E-state index contributed by atoms with van der Waals surface area (Å²) in [5, 5.41) is 6.57. The molecular formula is C23H31FN4O. The second kappa shape index (κ2) is 10.9. The van der Waals surface area contributed by atoms with Gasteiger partial charge < -0.3 is 15.4 Å². The van der Waals surface area contributed by atoms with E-state index < -0.39 is 0 Å². The lowest BCUT2D eigenvalue weighted by molar-refractivity contribution is -0.0212. The summed E-state index contributed by atoms with van der Waals surface area (Å²) in [4.78, 5) is 7.14. The molecule has 156 valence electrons. The summed E-state index contributed by atoms with van der Waals surface area (Å²) in [5.41, 5.74) is 3.50. The van der Waals surface area contributed by atoms with Crippen LogP contribution in [-0.4, -0.2) is 43.2 Å². The van der Waals surface area contributed by atoms with E-state index in [-0.39, 0.29) is 5.82 Å². The van der Waals surface area contributed by atoms with Crippen LogP contribution in [0.15, 0.2) is 53.5 Å². The first-order chi connectivity index (χ1) is 14.1. The molecule has 0 saturated carbocycles. The van der Waals surface area contributed by atoms with Crippen molar-refractivity contribution in [1.29, 1.82) is 0 Å². The fraction of sp³-hybridized carbons (Fsp3) is 0.435. The summed E-state index contributed by atoms with van der Waals surface area (Å²) in [6, 6.07) is 15.1. The zero-order valence-electron chi connectivity index (χ0n) is 17.3. The maximum Gasteiger partial charge on any atom is 0.191 e. The second-order valence-corrected chi connectivity index (χ2v) is 7.41. The molecule has 29 heavy (non-hydrogen) atoms. The highest BCUT2D eigenvalue weighted by Crippen LogP contribution is 2.13. The SMILES string of the molecule is CCNC(=NCc1cccc(CN2CCOC(C)C2)c1)NCc1ccc(F)cc1. The normalized spacial score (nSPS) is 17.9. The van der Waals surface area contributed by atoms with Gasteiger partial charge in [0.2, 0.25) is 0 Å². The number of hydrogen-bond donors (Lipinski definition) is 2. The lowest BCUT2D eigenvalue weighted by Crippen LogP contribution is -2.40. The topological polar surface area (TPSA) is 48.9 Å². The standard InChI is InChI=1S/C23H31FN4O/c1-3-25-23(26-14-19-7-9-22(24)10-8-19)27-15-20-5-4-6-21(13-20)17-28-11-12-29-18(2)16-28/h4-10,13,18H,3,11-12,14-17H2,1-2H3,(H2,25,26,27). The van der Waals surface area contributed by atoms with Crippen LogP contribution >= 0.6 is 0 Å². The first-order valence-electron chi connectivity index (χ1n) is 10.3. The number of ether oxygens (including phenoxy) is 1. The molecule has 1 heterocycles. The van der Waals surface area contributed by atoms with Gasteiger partial charge in [-0.2, -0.15) is 0 Å². The molecular weight excluding hydrogens is 367 g/mol. The molecule has 1 aliphatic heterocycles. The first kappa shape index (κ1) is 21.3. The zero-order valence-corrected chi connectivity index (χ0v) is 17.3. The van der Waals surface area contributed by atoms with Crippen LogP contribution in [0.2, 0.25) is 0 Å². The van der Waals surface area contributed by atoms with Crippen LogP contribution in [0.25, 0.3) is 0 Å². The van der Waals surface area contributed by atoms with E-state index in [0.717, 1.165) is 44.3 Å². The first-order valence-corrected chi connectivity index (χ1v) is 10.3. The Morgan fingerprint density at radius 3 is 2.69 bits per heavy atom. The van der Waals surface area contributed by atoms with Gasteiger partial charge in [0.25, 0.3) is 0 Å². The molecule has 2 aromatic carbocycles. The molecule has 0 aliphatic carbocycles. The molecule has 2 N–H and O–H groups in total. The van der Waals surface area contributed by atoms with E-state index in [1.807, 2.05) is 6.92 Å². The number of rotatable bonds is 7. The van der Waals surface area contributed by atoms with Crippen LogP contribution in [0.1, 0.15) is 30.5 Å². The predicted octanol–water partition coefficient (Wildman–Crippen LogP) is 3.30. The molecule has 0 bridgehead atoms. The van der Waals surface area contributed by atoms with Crippen molar-refractivity contribution in [3.8, 4) is 0 Å². The Balaban J connectivity index is 1.57. The van der Waals surface area contributed by atoms with Crippen molar-refractivity contribution in [3.05, 3.63) is 71.0 Å². The van der Waals surface area contributed by atoms with Crippen molar-refractivity contribution < 1.29 is 9.13 Å². The third kappa shape index (κ3) is 7.15. The summed E-state index contributed by atoms with van der Waals surface area (Å²) in [7, 11) is 0. The molecule has 0 amide bonds. The fourth-order valence-electron chi connectivity index (χ4n) is 3.42. The Hall–Kier alpha value is -2.44. The smallest absolute Gasteiger partial charge is 0.191 e. The van der Waals surface area contributed by atoms with Gasteiger partial charge in [0.1, 0.15) is 5.82 Å². The van der Waals surface area contributed by atoms with Crippen LogP contribution < -0.4 is 10.6 Å². The second-order valence-electron chi connectivity index (χ2n) is 7.41. The van der Waals surface area contributed by atoms with Crippen molar-refractivity contribution in [2.24, 2.45) is 4.99 Å². The predicted molar refractivity (Wildman–Crippen MR) is 115 cm³/mol. The Bertz CT molecular complexity index is 794. The van der Waals surface area contributed by atoms with Gasteiger partial charge in [-0.05, 0) is 42.7 Å². The highest BCUT2D eigenvalue weighted by molar-refractivity contribution is 5.79. The average Bonchev–Trinajstić information content (AvgIpc) is 2.71. The van der Waals surface area contributed by atoms with E-state index in [0.29, 0.717) is 19.2 Å². The van der Waals surface area contributed by atoms with Crippen molar-refractivity contribution >= 4 is 5.96 Å². The number of halogens is 1. The van der Waals surface area contributed by atoms with E-state index >= 15 is 0 Å². The molecule has 0 spiro atoms. The fourth-order valence-corrected chi connectivity index (χ4v) is 3.42. The van der Waals surface area contributed by atoms with E-state index in [4.69, 9.17) is 9.73 Å². The van der Waals surface area contributed by atoms with Gasteiger partial charge in [-0.15, -0.1) is 0 Å². The highest BCUT2D eigenvalue weighted by atomic mass is 19.1. The quantitative estimate of drug-likeness (QED) is 0.555. The van der Waals surface area contributed by atoms with Crippen LogP contribution in [0.3, 0.4) is 0 Å². The molecule has 0 aromatic heterocycles. The number of guanidine groups is 1. The Labute approximate surface area is 173 Å². The maximum absolute atomic E-state index is 13.0. The maximum atomic E-state index is 13.0. The lowest BCUT2D eigenvalue weighted by atomic mass is 10.1. The van der Waals surface area contributed by atoms with E-state index in [2.05, 4.69) is 46.7 Å². The molecule has 3 rings (SSSR count). The minimum atomic E-state index is -0.222. The Morgan fingerprint density at radius 1 is 1.14 bits per heavy atom. The number of aliphatic imine (C=N–C) groups is 1. The van der Waals surface area contributed by atoms with Gasteiger partial charge in [-0.1, -0.05) is 36.4 Å². The van der Waals surface area contributed by atoms with Crippen molar-refractivity contribution in [1.82, 2.24) is 15.5 Å². The van der Waals surface area contributed by atoms with Crippen molar-refractivity contribution in [3.63, 3.8) is 0 Å². The number of nitrogens with zero attached hydrogens (tertiary/aromatic N) is 2. The molecule has 2 aromatic rings. The summed E-state index contributed by atoms with van der Waals surface area (Å²) < 4.78 is 18.7. The summed E-state index contributed by atoms with van der Waals surface area (Å²) in [6.45, 7) is 9.84. The van der Waals surface area contributed by atoms with Crippen molar-refractivity contribution in [2.75, 3.05) is 26.2 Å². The van der Waals surface area contributed by atoms with Crippen LogP contribution in [0, 0.1) is 5.82 Å². The minimum Gasteiger partial charge on any atom is -0.376 e. The van der Waals surface area contributed by atoms with Gasteiger partial charge in [0.05, 0.1) is 19.3 Å². The molecule has 6 heteroatoms. The summed E-state index contributed by atoms with van der Waals surface area (Å²) >= 11 is 0. The lowest BCUT2D eigenvalue weighted by Gasteiger charge is -2.31. The average molecular weight is 399 g/mol. The number of hydrogen-bond acceptors (Lipinski definition) is 3. The van der Waals surface area contributed by atoms with E-state index in [1.54, 1.807) is 12.1 Å². The number of benzene rings is 2.